The molecule has 0 amide bonds. The molecule has 4 saturated carbocycles. The van der Waals surface area contributed by atoms with Crippen LogP contribution in [-0.4, -0.2) is 21.8 Å². The fourth-order valence-electron chi connectivity index (χ4n) is 5.88. The lowest BCUT2D eigenvalue weighted by molar-refractivity contribution is -0.157. The lowest BCUT2D eigenvalue weighted by atomic mass is 9.64. The maximum absolute atomic E-state index is 11.2. The standard InChI is InChI=1S/C13H18O3/c14-12(15)9-4-7-5-10(9)13(16)8-2-1-6(3-8)11(7)13/h6-11,16H,1-5H2,(H,14,15). The summed E-state index contributed by atoms with van der Waals surface area (Å²) in [5, 5.41) is 20.2. The largest absolute Gasteiger partial charge is 0.481 e. The molecule has 4 fully saturated rings. The third-order valence-electron chi connectivity index (χ3n) is 6.19. The highest BCUT2D eigenvalue weighted by molar-refractivity contribution is 5.71. The molecule has 3 nitrogen and oxygen atoms in total. The lowest BCUT2D eigenvalue weighted by Crippen LogP contribution is -2.51. The molecule has 4 aliphatic rings. The summed E-state index contributed by atoms with van der Waals surface area (Å²) < 4.78 is 0. The number of hydrogen-bond acceptors (Lipinski definition) is 2. The average Bonchev–Trinajstić information content (AvgIpc) is 2.92. The van der Waals surface area contributed by atoms with Crippen molar-refractivity contribution in [3.63, 3.8) is 0 Å². The Morgan fingerprint density at radius 1 is 1.12 bits per heavy atom. The van der Waals surface area contributed by atoms with E-state index in [1.807, 2.05) is 0 Å². The molecule has 88 valence electrons. The van der Waals surface area contributed by atoms with Gasteiger partial charge in [0.15, 0.2) is 0 Å². The Balaban J connectivity index is 1.76. The van der Waals surface area contributed by atoms with E-state index in [2.05, 4.69) is 0 Å². The van der Waals surface area contributed by atoms with Gasteiger partial charge in [0.25, 0.3) is 0 Å². The van der Waals surface area contributed by atoms with E-state index >= 15 is 0 Å². The number of fused-ring (bicyclic) bond motifs is 9. The van der Waals surface area contributed by atoms with E-state index in [0.29, 0.717) is 23.7 Å². The predicted molar refractivity (Wildman–Crippen MR) is 56.6 cm³/mol. The van der Waals surface area contributed by atoms with E-state index in [1.165, 1.54) is 12.8 Å². The summed E-state index contributed by atoms with van der Waals surface area (Å²) >= 11 is 0. The van der Waals surface area contributed by atoms with Crippen LogP contribution in [0, 0.1) is 35.5 Å². The summed E-state index contributed by atoms with van der Waals surface area (Å²) in [4.78, 5) is 11.2. The second kappa shape index (κ2) is 2.63. The summed E-state index contributed by atoms with van der Waals surface area (Å²) in [5.74, 6) is 1.21. The van der Waals surface area contributed by atoms with Gasteiger partial charge in [0, 0.05) is 5.92 Å². The Morgan fingerprint density at radius 3 is 2.69 bits per heavy atom. The molecule has 3 heteroatoms. The topological polar surface area (TPSA) is 57.5 Å². The third kappa shape index (κ3) is 0.816. The van der Waals surface area contributed by atoms with E-state index in [9.17, 15) is 15.0 Å². The van der Waals surface area contributed by atoms with Crippen LogP contribution in [0.3, 0.4) is 0 Å². The average molecular weight is 222 g/mol. The van der Waals surface area contributed by atoms with Gasteiger partial charge in [-0.25, -0.2) is 0 Å². The molecule has 0 aromatic heterocycles. The van der Waals surface area contributed by atoms with Crippen LogP contribution in [0.2, 0.25) is 0 Å². The molecule has 0 saturated heterocycles. The molecule has 0 aromatic rings. The molecule has 16 heavy (non-hydrogen) atoms. The van der Waals surface area contributed by atoms with Crippen molar-refractivity contribution in [3.8, 4) is 0 Å². The van der Waals surface area contributed by atoms with Crippen LogP contribution >= 0.6 is 0 Å². The molecule has 0 aliphatic heterocycles. The van der Waals surface area contributed by atoms with Gasteiger partial charge >= 0.3 is 5.97 Å². The minimum Gasteiger partial charge on any atom is -0.481 e. The van der Waals surface area contributed by atoms with Gasteiger partial charge in [-0.3, -0.25) is 4.79 Å². The molecule has 7 atom stereocenters. The molecular formula is C13H18O3. The van der Waals surface area contributed by atoms with Crippen LogP contribution in [0.15, 0.2) is 0 Å². The van der Waals surface area contributed by atoms with Crippen LogP contribution in [0.5, 0.6) is 0 Å². The second-order valence-corrected chi connectivity index (χ2v) is 6.47. The number of aliphatic carboxylic acids is 1. The fraction of sp³-hybridized carbons (Fsp3) is 0.923. The van der Waals surface area contributed by atoms with Crippen LogP contribution in [0.25, 0.3) is 0 Å². The minimum absolute atomic E-state index is 0.0651. The van der Waals surface area contributed by atoms with Gasteiger partial charge in [-0.2, -0.15) is 0 Å². The van der Waals surface area contributed by atoms with Crippen molar-refractivity contribution >= 4 is 5.97 Å². The van der Waals surface area contributed by atoms with Crippen molar-refractivity contribution in [1.82, 2.24) is 0 Å². The molecule has 7 unspecified atom stereocenters. The van der Waals surface area contributed by atoms with E-state index < -0.39 is 11.6 Å². The number of carbonyl (C=O) groups is 1. The monoisotopic (exact) mass is 222 g/mol. The first-order valence-electron chi connectivity index (χ1n) is 6.57. The van der Waals surface area contributed by atoms with E-state index in [0.717, 1.165) is 19.3 Å². The minimum atomic E-state index is -0.679. The quantitative estimate of drug-likeness (QED) is 0.661. The Labute approximate surface area is 94.8 Å². The first-order valence-corrected chi connectivity index (χ1v) is 6.57. The number of carboxylic acids is 1. The Hall–Kier alpha value is -0.570. The molecular weight excluding hydrogens is 204 g/mol. The highest BCUT2D eigenvalue weighted by atomic mass is 16.4. The summed E-state index contributed by atoms with van der Waals surface area (Å²) in [6.07, 6.45) is 5.38. The van der Waals surface area contributed by atoms with E-state index in [1.54, 1.807) is 0 Å². The normalized spacial score (nSPS) is 61.6. The molecule has 0 radical (unpaired) electrons. The highest BCUT2D eigenvalue weighted by Gasteiger charge is 2.71. The van der Waals surface area contributed by atoms with Gasteiger partial charge in [-0.05, 0) is 55.8 Å². The SMILES string of the molecule is O=C(O)C1CC2CC1C1(O)C3CCC(C3)C21. The van der Waals surface area contributed by atoms with Crippen molar-refractivity contribution in [2.75, 3.05) is 0 Å². The fourth-order valence-corrected chi connectivity index (χ4v) is 5.88. The molecule has 4 aliphatic carbocycles. The van der Waals surface area contributed by atoms with Crippen molar-refractivity contribution in [2.45, 2.75) is 37.7 Å². The van der Waals surface area contributed by atoms with Gasteiger partial charge < -0.3 is 10.2 Å². The third-order valence-corrected chi connectivity index (χ3v) is 6.19. The maximum Gasteiger partial charge on any atom is 0.306 e. The van der Waals surface area contributed by atoms with Crippen LogP contribution in [0.1, 0.15) is 32.1 Å². The number of aliphatic hydroxyl groups is 1. The van der Waals surface area contributed by atoms with Gasteiger partial charge in [-0.15, -0.1) is 0 Å². The van der Waals surface area contributed by atoms with Gasteiger partial charge in [0.05, 0.1) is 11.5 Å². The zero-order valence-corrected chi connectivity index (χ0v) is 9.30. The van der Waals surface area contributed by atoms with E-state index in [-0.39, 0.29) is 11.8 Å². The maximum atomic E-state index is 11.2. The summed E-state index contributed by atoms with van der Waals surface area (Å²) in [6, 6.07) is 0. The first kappa shape index (κ1) is 9.46. The van der Waals surface area contributed by atoms with Crippen molar-refractivity contribution in [2.24, 2.45) is 35.5 Å². The summed E-state index contributed by atoms with van der Waals surface area (Å²) in [6.45, 7) is 0. The summed E-state index contributed by atoms with van der Waals surface area (Å²) in [7, 11) is 0. The molecule has 4 bridgehead atoms. The zero-order valence-electron chi connectivity index (χ0n) is 9.30. The predicted octanol–water partition coefficient (Wildman–Crippen LogP) is 1.50. The van der Waals surface area contributed by atoms with Gasteiger partial charge in [-0.1, -0.05) is 0 Å². The zero-order chi connectivity index (χ0) is 11.1. The molecule has 4 rings (SSSR count). The Kier molecular flexibility index (Phi) is 1.56. The van der Waals surface area contributed by atoms with E-state index in [4.69, 9.17) is 0 Å². The van der Waals surface area contributed by atoms with Crippen LogP contribution in [-0.2, 0) is 4.79 Å². The first-order chi connectivity index (χ1) is 7.62. The van der Waals surface area contributed by atoms with Crippen LogP contribution < -0.4 is 0 Å². The van der Waals surface area contributed by atoms with Crippen LogP contribution in [0.4, 0.5) is 0 Å². The van der Waals surface area contributed by atoms with Crippen molar-refractivity contribution in [1.29, 1.82) is 0 Å². The Bertz CT molecular complexity index is 366. The lowest BCUT2D eigenvalue weighted by Gasteiger charge is -2.45. The second-order valence-electron chi connectivity index (χ2n) is 6.47. The smallest absolute Gasteiger partial charge is 0.306 e. The molecule has 0 spiro atoms. The number of hydrogen-bond donors (Lipinski definition) is 2. The molecule has 0 aromatic carbocycles. The van der Waals surface area contributed by atoms with Crippen molar-refractivity contribution in [3.05, 3.63) is 0 Å². The highest BCUT2D eigenvalue weighted by Crippen LogP contribution is 2.70. The molecule has 2 N–H and O–H groups in total. The number of carboxylic acid groups (broad SMARTS) is 1. The van der Waals surface area contributed by atoms with Gasteiger partial charge in [0.2, 0.25) is 0 Å². The van der Waals surface area contributed by atoms with Gasteiger partial charge in [0.1, 0.15) is 0 Å². The molecule has 0 heterocycles. The van der Waals surface area contributed by atoms with Crippen molar-refractivity contribution < 1.29 is 15.0 Å². The number of rotatable bonds is 1. The Morgan fingerprint density at radius 2 is 1.94 bits per heavy atom. The summed E-state index contributed by atoms with van der Waals surface area (Å²) in [5.41, 5.74) is -0.588.